The second kappa shape index (κ2) is 4.18. The average molecular weight is 282 g/mol. The van der Waals surface area contributed by atoms with Crippen LogP contribution in [0, 0.1) is 0 Å². The van der Waals surface area contributed by atoms with E-state index in [9.17, 15) is 0 Å². The first-order valence-corrected chi connectivity index (χ1v) is 6.23. The third kappa shape index (κ3) is 1.87. The summed E-state index contributed by atoms with van der Waals surface area (Å²) in [5, 5.41) is 5.67. The molecule has 1 unspecified atom stereocenters. The molecule has 4 heteroatoms. The second-order valence-corrected chi connectivity index (χ2v) is 5.15. The van der Waals surface area contributed by atoms with Crippen LogP contribution in [0.3, 0.4) is 0 Å². The van der Waals surface area contributed by atoms with Crippen LogP contribution in [-0.4, -0.2) is 9.78 Å². The summed E-state index contributed by atoms with van der Waals surface area (Å²) in [6, 6.07) is 6.57. The van der Waals surface area contributed by atoms with Crippen LogP contribution in [0.2, 0.25) is 0 Å². The number of halogens is 1. The van der Waals surface area contributed by atoms with Crippen LogP contribution in [0.1, 0.15) is 38.4 Å². The zero-order chi connectivity index (χ0) is 11.9. The molecule has 0 aliphatic heterocycles. The van der Waals surface area contributed by atoms with Gasteiger partial charge in [0, 0.05) is 17.5 Å². The number of aromatic nitrogens is 2. The summed E-state index contributed by atoms with van der Waals surface area (Å²) in [5.74, 6) is 0. The summed E-state index contributed by atoms with van der Waals surface area (Å²) in [6.07, 6.45) is 0. The molecule has 1 atom stereocenters. The molecule has 0 aliphatic rings. The summed E-state index contributed by atoms with van der Waals surface area (Å²) in [6.45, 7) is 6.22. The quantitative estimate of drug-likeness (QED) is 0.917. The zero-order valence-electron chi connectivity index (χ0n) is 9.74. The number of rotatable bonds is 2. The minimum absolute atomic E-state index is 0.0544. The molecule has 0 amide bonds. The molecular weight excluding hydrogens is 266 g/mol. The number of nitrogens with two attached hydrogens (primary N) is 1. The molecule has 0 saturated heterocycles. The zero-order valence-corrected chi connectivity index (χ0v) is 11.3. The highest BCUT2D eigenvalue weighted by Gasteiger charge is 2.12. The summed E-state index contributed by atoms with van der Waals surface area (Å²) >= 11 is 3.60. The molecule has 0 radical (unpaired) electrons. The van der Waals surface area contributed by atoms with E-state index in [2.05, 4.69) is 40.9 Å². The van der Waals surface area contributed by atoms with Gasteiger partial charge in [-0.15, -0.1) is 0 Å². The summed E-state index contributed by atoms with van der Waals surface area (Å²) in [4.78, 5) is 0. The van der Waals surface area contributed by atoms with Gasteiger partial charge in [-0.25, -0.2) is 0 Å². The van der Waals surface area contributed by atoms with E-state index in [1.165, 1.54) is 0 Å². The predicted molar refractivity (Wildman–Crippen MR) is 70.4 cm³/mol. The van der Waals surface area contributed by atoms with Gasteiger partial charge in [0.25, 0.3) is 0 Å². The molecule has 1 heterocycles. The van der Waals surface area contributed by atoms with Crippen molar-refractivity contribution in [2.24, 2.45) is 5.73 Å². The van der Waals surface area contributed by atoms with E-state index in [1.54, 1.807) is 0 Å². The van der Waals surface area contributed by atoms with Crippen LogP contribution in [0.5, 0.6) is 0 Å². The monoisotopic (exact) mass is 281 g/mol. The highest BCUT2D eigenvalue weighted by atomic mass is 79.9. The van der Waals surface area contributed by atoms with Gasteiger partial charge in [-0.1, -0.05) is 6.07 Å². The molecule has 2 rings (SSSR count). The van der Waals surface area contributed by atoms with Crippen LogP contribution in [0.25, 0.3) is 10.9 Å². The number of hydrogen-bond acceptors (Lipinski definition) is 2. The van der Waals surface area contributed by atoms with Crippen LogP contribution in [0.4, 0.5) is 0 Å². The molecule has 3 nitrogen and oxygen atoms in total. The van der Waals surface area contributed by atoms with Gasteiger partial charge in [-0.3, -0.25) is 4.68 Å². The van der Waals surface area contributed by atoms with Crippen LogP contribution >= 0.6 is 15.9 Å². The van der Waals surface area contributed by atoms with Crippen molar-refractivity contribution in [3.63, 3.8) is 0 Å². The van der Waals surface area contributed by atoms with Gasteiger partial charge in [0.15, 0.2) is 0 Å². The third-order valence-electron chi connectivity index (χ3n) is 2.67. The van der Waals surface area contributed by atoms with Crippen molar-refractivity contribution in [3.8, 4) is 0 Å². The van der Waals surface area contributed by atoms with E-state index in [1.807, 2.05) is 23.7 Å². The molecule has 1 aromatic carbocycles. The van der Waals surface area contributed by atoms with Crippen molar-refractivity contribution in [1.82, 2.24) is 9.78 Å². The highest BCUT2D eigenvalue weighted by Crippen LogP contribution is 2.28. The molecular formula is C12H16BrN3. The lowest BCUT2D eigenvalue weighted by Gasteiger charge is -2.06. The van der Waals surface area contributed by atoms with E-state index in [0.717, 1.165) is 21.1 Å². The van der Waals surface area contributed by atoms with E-state index in [4.69, 9.17) is 5.73 Å². The van der Waals surface area contributed by atoms with Crippen molar-refractivity contribution < 1.29 is 0 Å². The summed E-state index contributed by atoms with van der Waals surface area (Å²) in [5.41, 5.74) is 8.02. The molecule has 0 spiro atoms. The van der Waals surface area contributed by atoms with Gasteiger partial charge < -0.3 is 5.73 Å². The number of fused-ring (bicyclic) bond motifs is 1. The van der Waals surface area contributed by atoms with Gasteiger partial charge in [-0.05, 0) is 54.4 Å². The Balaban J connectivity index is 2.64. The molecule has 0 bridgehead atoms. The van der Waals surface area contributed by atoms with Crippen molar-refractivity contribution in [3.05, 3.63) is 28.4 Å². The maximum Gasteiger partial charge on any atom is 0.112 e. The Kier molecular flexibility index (Phi) is 3.04. The largest absolute Gasteiger partial charge is 0.324 e. The van der Waals surface area contributed by atoms with Crippen LogP contribution in [0.15, 0.2) is 22.8 Å². The third-order valence-corrected chi connectivity index (χ3v) is 3.46. The Morgan fingerprint density at radius 1 is 1.31 bits per heavy atom. The normalized spacial score (nSPS) is 13.6. The molecule has 16 heavy (non-hydrogen) atoms. The molecule has 0 saturated carbocycles. The average Bonchev–Trinajstić information content (AvgIpc) is 2.56. The summed E-state index contributed by atoms with van der Waals surface area (Å²) in [7, 11) is 0. The molecule has 1 aromatic heterocycles. The minimum Gasteiger partial charge on any atom is -0.324 e. The van der Waals surface area contributed by atoms with Gasteiger partial charge in [0.2, 0.25) is 0 Å². The SMILES string of the molecule is CC(N)c1ccc2nn(C(C)C)c(Br)c2c1. The first-order valence-electron chi connectivity index (χ1n) is 5.44. The maximum atomic E-state index is 5.88. The lowest BCUT2D eigenvalue weighted by Crippen LogP contribution is -2.04. The fourth-order valence-corrected chi connectivity index (χ4v) is 2.52. The van der Waals surface area contributed by atoms with Crippen molar-refractivity contribution in [1.29, 1.82) is 0 Å². The van der Waals surface area contributed by atoms with E-state index in [0.29, 0.717) is 6.04 Å². The van der Waals surface area contributed by atoms with Gasteiger partial charge >= 0.3 is 0 Å². The predicted octanol–water partition coefficient (Wildman–Crippen LogP) is 3.40. The highest BCUT2D eigenvalue weighted by molar-refractivity contribution is 9.10. The fourth-order valence-electron chi connectivity index (χ4n) is 1.71. The van der Waals surface area contributed by atoms with Gasteiger partial charge in [0.1, 0.15) is 4.60 Å². The lowest BCUT2D eigenvalue weighted by atomic mass is 10.1. The van der Waals surface area contributed by atoms with Crippen LogP contribution in [-0.2, 0) is 0 Å². The Labute approximate surface area is 104 Å². The van der Waals surface area contributed by atoms with Crippen molar-refractivity contribution in [2.45, 2.75) is 32.9 Å². The summed E-state index contributed by atoms with van der Waals surface area (Å²) < 4.78 is 3.01. The topological polar surface area (TPSA) is 43.8 Å². The van der Waals surface area contributed by atoms with E-state index >= 15 is 0 Å². The van der Waals surface area contributed by atoms with Crippen molar-refractivity contribution >= 4 is 26.8 Å². The Hall–Kier alpha value is -0.870. The smallest absolute Gasteiger partial charge is 0.112 e. The van der Waals surface area contributed by atoms with E-state index < -0.39 is 0 Å². The lowest BCUT2D eigenvalue weighted by molar-refractivity contribution is 0.527. The number of benzene rings is 1. The second-order valence-electron chi connectivity index (χ2n) is 4.39. The van der Waals surface area contributed by atoms with Crippen LogP contribution < -0.4 is 5.73 Å². The molecule has 2 aromatic rings. The molecule has 86 valence electrons. The first-order chi connectivity index (χ1) is 7.50. The van der Waals surface area contributed by atoms with E-state index in [-0.39, 0.29) is 6.04 Å². The molecule has 0 aliphatic carbocycles. The maximum absolute atomic E-state index is 5.88. The molecule has 0 fully saturated rings. The Bertz CT molecular complexity index is 514. The molecule has 2 N–H and O–H groups in total. The number of hydrogen-bond donors (Lipinski definition) is 1. The first kappa shape index (κ1) is 11.6. The minimum atomic E-state index is 0.0544. The van der Waals surface area contributed by atoms with Gasteiger partial charge in [-0.2, -0.15) is 5.10 Å². The Morgan fingerprint density at radius 2 is 2.00 bits per heavy atom. The fraction of sp³-hybridized carbons (Fsp3) is 0.417. The standard InChI is InChI=1S/C12H16BrN3/c1-7(2)16-12(13)10-6-9(8(3)14)4-5-11(10)15-16/h4-8H,14H2,1-3H3. The van der Waals surface area contributed by atoms with Crippen molar-refractivity contribution in [2.75, 3.05) is 0 Å². The Morgan fingerprint density at radius 3 is 2.56 bits per heavy atom. The number of nitrogens with zero attached hydrogens (tertiary/aromatic N) is 2. The van der Waals surface area contributed by atoms with Gasteiger partial charge in [0.05, 0.1) is 5.52 Å².